The SMILES string of the molecule is CCc1cnc(CNC2CCN(C(C)=O)CC2)s1. The number of thiazole rings is 1. The second kappa shape index (κ2) is 6.29. The van der Waals surface area contributed by atoms with Gasteiger partial charge in [-0.1, -0.05) is 6.92 Å². The van der Waals surface area contributed by atoms with Gasteiger partial charge < -0.3 is 10.2 Å². The molecule has 1 aromatic rings. The molecule has 100 valence electrons. The number of likely N-dealkylation sites (tertiary alicyclic amines) is 1. The van der Waals surface area contributed by atoms with Gasteiger partial charge in [0.05, 0.1) is 0 Å². The van der Waals surface area contributed by atoms with Crippen molar-refractivity contribution in [2.75, 3.05) is 13.1 Å². The molecule has 0 aromatic carbocycles. The fourth-order valence-corrected chi connectivity index (χ4v) is 3.04. The minimum atomic E-state index is 0.195. The summed E-state index contributed by atoms with van der Waals surface area (Å²) in [5.74, 6) is 0.195. The number of amides is 1. The average Bonchev–Trinajstić information content (AvgIpc) is 2.85. The Morgan fingerprint density at radius 1 is 1.56 bits per heavy atom. The average molecular weight is 267 g/mol. The normalized spacial score (nSPS) is 17.1. The maximum Gasteiger partial charge on any atom is 0.219 e. The zero-order chi connectivity index (χ0) is 13.0. The monoisotopic (exact) mass is 267 g/mol. The molecular formula is C13H21N3OS. The second-order valence-corrected chi connectivity index (χ2v) is 5.93. The number of nitrogens with zero attached hydrogens (tertiary/aromatic N) is 2. The third-order valence-corrected chi connectivity index (χ3v) is 4.57. The van der Waals surface area contributed by atoms with Crippen LogP contribution in [0.1, 0.15) is 36.6 Å². The van der Waals surface area contributed by atoms with E-state index in [1.165, 1.54) is 9.88 Å². The summed E-state index contributed by atoms with van der Waals surface area (Å²) < 4.78 is 0. The zero-order valence-corrected chi connectivity index (χ0v) is 11.9. The van der Waals surface area contributed by atoms with Crippen LogP contribution in [-0.2, 0) is 17.8 Å². The van der Waals surface area contributed by atoms with Crippen LogP contribution in [0.2, 0.25) is 0 Å². The van der Waals surface area contributed by atoms with E-state index in [-0.39, 0.29) is 5.91 Å². The summed E-state index contributed by atoms with van der Waals surface area (Å²) in [4.78, 5) is 18.9. The second-order valence-electron chi connectivity index (χ2n) is 4.74. The van der Waals surface area contributed by atoms with Crippen molar-refractivity contribution < 1.29 is 4.79 Å². The first kappa shape index (κ1) is 13.5. The van der Waals surface area contributed by atoms with Gasteiger partial charge in [-0.15, -0.1) is 11.3 Å². The van der Waals surface area contributed by atoms with Crippen LogP contribution in [0.3, 0.4) is 0 Å². The van der Waals surface area contributed by atoms with E-state index in [0.29, 0.717) is 6.04 Å². The number of carbonyl (C=O) groups excluding carboxylic acids is 1. The Hall–Kier alpha value is -0.940. The Morgan fingerprint density at radius 2 is 2.28 bits per heavy atom. The van der Waals surface area contributed by atoms with Crippen molar-refractivity contribution in [3.8, 4) is 0 Å². The van der Waals surface area contributed by atoms with E-state index in [4.69, 9.17) is 0 Å². The first-order valence-corrected chi connectivity index (χ1v) is 7.43. The van der Waals surface area contributed by atoms with Gasteiger partial charge in [0, 0.05) is 43.7 Å². The van der Waals surface area contributed by atoms with Crippen LogP contribution in [-0.4, -0.2) is 34.9 Å². The minimum absolute atomic E-state index is 0.195. The van der Waals surface area contributed by atoms with Crippen LogP contribution in [0.5, 0.6) is 0 Å². The maximum atomic E-state index is 11.2. The lowest BCUT2D eigenvalue weighted by Crippen LogP contribution is -2.43. The molecule has 18 heavy (non-hydrogen) atoms. The summed E-state index contributed by atoms with van der Waals surface area (Å²) in [6.07, 6.45) is 5.13. The quantitative estimate of drug-likeness (QED) is 0.905. The van der Waals surface area contributed by atoms with Crippen molar-refractivity contribution in [2.24, 2.45) is 0 Å². The molecule has 0 atom stereocenters. The Bertz CT molecular complexity index is 397. The molecule has 0 spiro atoms. The van der Waals surface area contributed by atoms with Gasteiger partial charge in [0.25, 0.3) is 0 Å². The van der Waals surface area contributed by atoms with E-state index >= 15 is 0 Å². The molecule has 0 unspecified atom stereocenters. The largest absolute Gasteiger partial charge is 0.343 e. The standard InChI is InChI=1S/C13H21N3OS/c1-3-12-8-15-13(18-12)9-14-11-4-6-16(7-5-11)10(2)17/h8,11,14H,3-7,9H2,1-2H3. The van der Waals surface area contributed by atoms with E-state index in [1.54, 1.807) is 18.3 Å². The summed E-state index contributed by atoms with van der Waals surface area (Å²) >= 11 is 1.79. The molecular weight excluding hydrogens is 246 g/mol. The number of piperidine rings is 1. The van der Waals surface area contributed by atoms with Gasteiger partial charge in [-0.2, -0.15) is 0 Å². The predicted octanol–water partition coefficient (Wildman–Crippen LogP) is 1.81. The Balaban J connectivity index is 1.73. The highest BCUT2D eigenvalue weighted by atomic mass is 32.1. The highest BCUT2D eigenvalue weighted by Gasteiger charge is 2.20. The number of nitrogens with one attached hydrogen (secondary N) is 1. The number of aromatic nitrogens is 1. The van der Waals surface area contributed by atoms with Crippen LogP contribution >= 0.6 is 11.3 Å². The molecule has 1 aliphatic heterocycles. The molecule has 0 saturated carbocycles. The van der Waals surface area contributed by atoms with Crippen LogP contribution in [0.25, 0.3) is 0 Å². The number of hydrogen-bond acceptors (Lipinski definition) is 4. The van der Waals surface area contributed by atoms with Gasteiger partial charge in [-0.05, 0) is 19.3 Å². The number of aryl methyl sites for hydroxylation is 1. The zero-order valence-electron chi connectivity index (χ0n) is 11.1. The molecule has 0 aliphatic carbocycles. The van der Waals surface area contributed by atoms with Gasteiger partial charge in [0.1, 0.15) is 5.01 Å². The molecule has 5 heteroatoms. The smallest absolute Gasteiger partial charge is 0.219 e. The lowest BCUT2D eigenvalue weighted by atomic mass is 10.1. The maximum absolute atomic E-state index is 11.2. The summed E-state index contributed by atoms with van der Waals surface area (Å²) in [6, 6.07) is 0.523. The molecule has 4 nitrogen and oxygen atoms in total. The first-order chi connectivity index (χ1) is 8.69. The number of hydrogen-bond donors (Lipinski definition) is 1. The summed E-state index contributed by atoms with van der Waals surface area (Å²) in [5.41, 5.74) is 0. The first-order valence-electron chi connectivity index (χ1n) is 6.61. The van der Waals surface area contributed by atoms with Crippen molar-refractivity contribution in [2.45, 2.75) is 45.7 Å². The molecule has 1 aromatic heterocycles. The summed E-state index contributed by atoms with van der Waals surface area (Å²) in [5, 5.41) is 4.71. The molecule has 1 saturated heterocycles. The van der Waals surface area contributed by atoms with Crippen LogP contribution in [0, 0.1) is 0 Å². The van der Waals surface area contributed by atoms with E-state index in [0.717, 1.165) is 38.9 Å². The summed E-state index contributed by atoms with van der Waals surface area (Å²) in [7, 11) is 0. The van der Waals surface area contributed by atoms with Crippen molar-refractivity contribution >= 4 is 17.2 Å². The fourth-order valence-electron chi connectivity index (χ4n) is 2.22. The third-order valence-electron chi connectivity index (χ3n) is 3.43. The van der Waals surface area contributed by atoms with Crippen molar-refractivity contribution in [3.63, 3.8) is 0 Å². The fraction of sp³-hybridized carbons (Fsp3) is 0.692. The van der Waals surface area contributed by atoms with Crippen LogP contribution in [0.4, 0.5) is 0 Å². The Labute approximate surface area is 112 Å². The summed E-state index contributed by atoms with van der Waals surface area (Å²) in [6.45, 7) is 6.42. The van der Waals surface area contributed by atoms with Gasteiger partial charge in [0.2, 0.25) is 5.91 Å². The molecule has 1 amide bonds. The minimum Gasteiger partial charge on any atom is -0.343 e. The van der Waals surface area contributed by atoms with Crippen LogP contribution < -0.4 is 5.32 Å². The molecule has 2 rings (SSSR count). The Morgan fingerprint density at radius 3 is 2.83 bits per heavy atom. The lowest BCUT2D eigenvalue weighted by Gasteiger charge is -2.31. The van der Waals surface area contributed by atoms with Gasteiger partial charge in [-0.3, -0.25) is 4.79 Å². The van der Waals surface area contributed by atoms with Gasteiger partial charge in [0.15, 0.2) is 0 Å². The molecule has 2 heterocycles. The van der Waals surface area contributed by atoms with E-state index in [9.17, 15) is 4.79 Å². The number of carbonyl (C=O) groups is 1. The van der Waals surface area contributed by atoms with Crippen molar-refractivity contribution in [1.82, 2.24) is 15.2 Å². The number of rotatable bonds is 4. The molecule has 1 fully saturated rings. The van der Waals surface area contributed by atoms with Crippen molar-refractivity contribution in [1.29, 1.82) is 0 Å². The lowest BCUT2D eigenvalue weighted by molar-refractivity contribution is -0.129. The van der Waals surface area contributed by atoms with Gasteiger partial charge in [-0.25, -0.2) is 4.98 Å². The van der Waals surface area contributed by atoms with Gasteiger partial charge >= 0.3 is 0 Å². The molecule has 0 bridgehead atoms. The van der Waals surface area contributed by atoms with E-state index in [2.05, 4.69) is 17.2 Å². The highest BCUT2D eigenvalue weighted by molar-refractivity contribution is 7.11. The third kappa shape index (κ3) is 3.53. The molecule has 0 radical (unpaired) electrons. The molecule has 1 N–H and O–H groups in total. The van der Waals surface area contributed by atoms with E-state index < -0.39 is 0 Å². The molecule has 1 aliphatic rings. The van der Waals surface area contributed by atoms with E-state index in [1.807, 2.05) is 11.1 Å². The Kier molecular flexibility index (Phi) is 4.72. The predicted molar refractivity (Wildman–Crippen MR) is 73.6 cm³/mol. The van der Waals surface area contributed by atoms with Crippen LogP contribution in [0.15, 0.2) is 6.20 Å². The topological polar surface area (TPSA) is 45.2 Å². The highest BCUT2D eigenvalue weighted by Crippen LogP contribution is 2.15. The van der Waals surface area contributed by atoms with Crippen molar-refractivity contribution in [3.05, 3.63) is 16.1 Å².